The van der Waals surface area contributed by atoms with E-state index in [9.17, 15) is 13.2 Å². The fraction of sp³-hybridized carbons (Fsp3) is 0.235. The number of sulfonamides is 1. The summed E-state index contributed by atoms with van der Waals surface area (Å²) in [7, 11) is -3.85. The fourth-order valence-corrected chi connectivity index (χ4v) is 3.37. The summed E-state index contributed by atoms with van der Waals surface area (Å²) >= 11 is 0. The summed E-state index contributed by atoms with van der Waals surface area (Å²) < 4.78 is 27.6. The molecule has 6 heteroatoms. The van der Waals surface area contributed by atoms with Gasteiger partial charge >= 0.3 is 5.97 Å². The van der Waals surface area contributed by atoms with Crippen LogP contribution in [0.3, 0.4) is 0 Å². The van der Waals surface area contributed by atoms with Gasteiger partial charge in [0.2, 0.25) is 0 Å². The van der Waals surface area contributed by atoms with E-state index in [0.29, 0.717) is 5.69 Å². The minimum absolute atomic E-state index is 0.0666. The van der Waals surface area contributed by atoms with Gasteiger partial charge in [-0.3, -0.25) is 4.72 Å². The van der Waals surface area contributed by atoms with E-state index < -0.39 is 16.0 Å². The fourth-order valence-electron chi connectivity index (χ4n) is 2.24. The smallest absolute Gasteiger partial charge is 0.335 e. The average molecular weight is 333 g/mol. The first-order valence-electron chi connectivity index (χ1n) is 7.30. The summed E-state index contributed by atoms with van der Waals surface area (Å²) in [5.74, 6) is -0.957. The van der Waals surface area contributed by atoms with Gasteiger partial charge in [-0.1, -0.05) is 38.1 Å². The standard InChI is InChI=1S/C17H19NO4S/c1-3-12(2)15-9-4-5-10-16(15)18-23(21,22)14-8-6-7-13(11-14)17(19)20/h4-12,18H,3H2,1-2H3,(H,19,20)/t12-/m1/s1. The maximum Gasteiger partial charge on any atom is 0.335 e. The Hall–Kier alpha value is -2.34. The predicted molar refractivity (Wildman–Crippen MR) is 89.4 cm³/mol. The second-order valence-corrected chi connectivity index (χ2v) is 7.02. The van der Waals surface area contributed by atoms with Gasteiger partial charge < -0.3 is 5.11 Å². The van der Waals surface area contributed by atoms with Crippen LogP contribution in [0.2, 0.25) is 0 Å². The molecule has 0 spiro atoms. The highest BCUT2D eigenvalue weighted by molar-refractivity contribution is 7.92. The van der Waals surface area contributed by atoms with Crippen molar-refractivity contribution in [3.8, 4) is 0 Å². The van der Waals surface area contributed by atoms with Gasteiger partial charge in [-0.15, -0.1) is 0 Å². The minimum atomic E-state index is -3.85. The monoisotopic (exact) mass is 333 g/mol. The summed E-state index contributed by atoms with van der Waals surface area (Å²) in [5, 5.41) is 9.00. The molecule has 5 nitrogen and oxygen atoms in total. The molecule has 0 radical (unpaired) electrons. The summed E-state index contributed by atoms with van der Waals surface area (Å²) in [4.78, 5) is 10.9. The molecular formula is C17H19NO4S. The van der Waals surface area contributed by atoms with Gasteiger partial charge in [0.25, 0.3) is 10.0 Å². The molecule has 0 unspecified atom stereocenters. The van der Waals surface area contributed by atoms with E-state index in [1.165, 1.54) is 18.2 Å². The van der Waals surface area contributed by atoms with Crippen LogP contribution in [0.15, 0.2) is 53.4 Å². The first-order valence-corrected chi connectivity index (χ1v) is 8.78. The van der Waals surface area contributed by atoms with Crippen molar-refractivity contribution in [1.82, 2.24) is 0 Å². The number of anilines is 1. The predicted octanol–water partition coefficient (Wildman–Crippen LogP) is 3.70. The van der Waals surface area contributed by atoms with Crippen molar-refractivity contribution in [2.75, 3.05) is 4.72 Å². The summed E-state index contributed by atoms with van der Waals surface area (Å²) in [5.41, 5.74) is 1.36. The lowest BCUT2D eigenvalue weighted by atomic mass is 9.97. The zero-order valence-corrected chi connectivity index (χ0v) is 13.8. The highest BCUT2D eigenvalue weighted by Gasteiger charge is 2.18. The van der Waals surface area contributed by atoms with Crippen LogP contribution in [0.4, 0.5) is 5.69 Å². The first-order chi connectivity index (χ1) is 10.8. The zero-order chi connectivity index (χ0) is 17.0. The van der Waals surface area contributed by atoms with Crippen LogP contribution >= 0.6 is 0 Å². The van der Waals surface area contributed by atoms with Gasteiger partial charge in [0.05, 0.1) is 16.1 Å². The molecule has 2 aromatic carbocycles. The third-order valence-electron chi connectivity index (χ3n) is 3.74. The lowest BCUT2D eigenvalue weighted by Crippen LogP contribution is -2.15. The highest BCUT2D eigenvalue weighted by Crippen LogP contribution is 2.28. The number of para-hydroxylation sites is 1. The van der Waals surface area contributed by atoms with E-state index in [1.807, 2.05) is 26.0 Å². The number of carboxylic acid groups (broad SMARTS) is 1. The van der Waals surface area contributed by atoms with Gasteiger partial charge in [0, 0.05) is 0 Å². The van der Waals surface area contributed by atoms with E-state index in [4.69, 9.17) is 5.11 Å². The Bertz CT molecular complexity index is 815. The van der Waals surface area contributed by atoms with E-state index in [1.54, 1.807) is 12.1 Å². The molecular weight excluding hydrogens is 314 g/mol. The number of hydrogen-bond acceptors (Lipinski definition) is 3. The van der Waals surface area contributed by atoms with Crippen LogP contribution in [0, 0.1) is 0 Å². The van der Waals surface area contributed by atoms with Crippen molar-refractivity contribution in [3.05, 3.63) is 59.7 Å². The van der Waals surface area contributed by atoms with Crippen LogP contribution in [-0.4, -0.2) is 19.5 Å². The molecule has 2 aromatic rings. The van der Waals surface area contributed by atoms with Gasteiger partial charge in [-0.05, 0) is 42.2 Å². The third-order valence-corrected chi connectivity index (χ3v) is 5.10. The molecule has 0 amide bonds. The number of aromatic carboxylic acids is 1. The molecule has 0 bridgehead atoms. The largest absolute Gasteiger partial charge is 0.478 e. The second kappa shape index (κ2) is 6.83. The lowest BCUT2D eigenvalue weighted by Gasteiger charge is -2.16. The topological polar surface area (TPSA) is 83.5 Å². The maximum atomic E-state index is 12.5. The Morgan fingerprint density at radius 3 is 2.52 bits per heavy atom. The Labute approximate surface area is 136 Å². The molecule has 23 heavy (non-hydrogen) atoms. The molecule has 0 aliphatic rings. The van der Waals surface area contributed by atoms with Crippen LogP contribution < -0.4 is 4.72 Å². The molecule has 0 fully saturated rings. The summed E-state index contributed by atoms with van der Waals surface area (Å²) in [6.45, 7) is 4.06. The Morgan fingerprint density at radius 1 is 1.17 bits per heavy atom. The van der Waals surface area contributed by atoms with Crippen LogP contribution in [0.25, 0.3) is 0 Å². The molecule has 0 saturated carbocycles. The third kappa shape index (κ3) is 3.90. The molecule has 2 N–H and O–H groups in total. The molecule has 0 saturated heterocycles. The Kier molecular flexibility index (Phi) is 5.05. The maximum absolute atomic E-state index is 12.5. The van der Waals surface area contributed by atoms with Crippen LogP contribution in [-0.2, 0) is 10.0 Å². The molecule has 0 heterocycles. The van der Waals surface area contributed by atoms with Gasteiger partial charge in [0.1, 0.15) is 0 Å². The van der Waals surface area contributed by atoms with Crippen molar-refractivity contribution < 1.29 is 18.3 Å². The SMILES string of the molecule is CC[C@@H](C)c1ccccc1NS(=O)(=O)c1cccc(C(=O)O)c1. The molecule has 1 atom stereocenters. The van der Waals surface area contributed by atoms with Crippen molar-refractivity contribution in [2.45, 2.75) is 31.1 Å². The second-order valence-electron chi connectivity index (χ2n) is 5.34. The quantitative estimate of drug-likeness (QED) is 0.844. The number of nitrogens with one attached hydrogen (secondary N) is 1. The molecule has 0 aliphatic carbocycles. The summed E-state index contributed by atoms with van der Waals surface area (Å²) in [6.07, 6.45) is 0.882. The summed E-state index contributed by atoms with van der Waals surface area (Å²) in [6, 6.07) is 12.5. The molecule has 2 rings (SSSR count). The van der Waals surface area contributed by atoms with Gasteiger partial charge in [-0.2, -0.15) is 0 Å². The minimum Gasteiger partial charge on any atom is -0.478 e. The van der Waals surface area contributed by atoms with Crippen molar-refractivity contribution in [1.29, 1.82) is 0 Å². The highest BCUT2D eigenvalue weighted by atomic mass is 32.2. The molecule has 0 aliphatic heterocycles. The van der Waals surface area contributed by atoms with Crippen molar-refractivity contribution in [3.63, 3.8) is 0 Å². The number of rotatable bonds is 6. The van der Waals surface area contributed by atoms with Gasteiger partial charge in [0.15, 0.2) is 0 Å². The van der Waals surface area contributed by atoms with E-state index in [-0.39, 0.29) is 16.4 Å². The molecule has 122 valence electrons. The van der Waals surface area contributed by atoms with E-state index >= 15 is 0 Å². The number of carbonyl (C=O) groups is 1. The normalized spacial score (nSPS) is 12.6. The van der Waals surface area contributed by atoms with E-state index in [0.717, 1.165) is 18.1 Å². The Balaban J connectivity index is 2.40. The van der Waals surface area contributed by atoms with Crippen LogP contribution in [0.5, 0.6) is 0 Å². The first kappa shape index (κ1) is 17.0. The van der Waals surface area contributed by atoms with Crippen LogP contribution in [0.1, 0.15) is 42.1 Å². The van der Waals surface area contributed by atoms with Crippen molar-refractivity contribution >= 4 is 21.7 Å². The lowest BCUT2D eigenvalue weighted by molar-refractivity contribution is 0.0696. The van der Waals surface area contributed by atoms with Crippen molar-refractivity contribution in [2.24, 2.45) is 0 Å². The van der Waals surface area contributed by atoms with E-state index in [2.05, 4.69) is 4.72 Å². The van der Waals surface area contributed by atoms with Gasteiger partial charge in [-0.25, -0.2) is 13.2 Å². The number of carboxylic acids is 1. The number of hydrogen-bond donors (Lipinski definition) is 2. The average Bonchev–Trinajstić information content (AvgIpc) is 2.54. The number of benzene rings is 2. The zero-order valence-electron chi connectivity index (χ0n) is 13.0. The Morgan fingerprint density at radius 2 is 1.87 bits per heavy atom. The molecule has 0 aromatic heterocycles.